The number of nitrogens with zero attached hydrogens (tertiary/aromatic N) is 2. The van der Waals surface area contributed by atoms with E-state index in [1.54, 1.807) is 35.6 Å². The molecule has 1 N–H and O–H groups in total. The first-order chi connectivity index (χ1) is 14.0. The number of thiophene rings is 1. The van der Waals surface area contributed by atoms with E-state index in [9.17, 15) is 4.79 Å². The molecule has 4 rings (SSSR count). The van der Waals surface area contributed by atoms with Crippen molar-refractivity contribution in [3.8, 4) is 0 Å². The Morgan fingerprint density at radius 1 is 1.28 bits per heavy atom. The van der Waals surface area contributed by atoms with Gasteiger partial charge in [0, 0.05) is 39.4 Å². The molecule has 4 nitrogen and oxygen atoms in total. The molecular formula is C22H19BrClN3OS. The van der Waals surface area contributed by atoms with E-state index >= 15 is 0 Å². The summed E-state index contributed by atoms with van der Waals surface area (Å²) in [6.07, 6.45) is 2.66. The van der Waals surface area contributed by atoms with Crippen molar-refractivity contribution in [2.24, 2.45) is 4.99 Å². The van der Waals surface area contributed by atoms with Gasteiger partial charge in [0.25, 0.3) is 5.91 Å². The zero-order valence-electron chi connectivity index (χ0n) is 15.8. The van der Waals surface area contributed by atoms with Crippen LogP contribution < -0.4 is 5.32 Å². The monoisotopic (exact) mass is 487 g/mol. The van der Waals surface area contributed by atoms with Crippen LogP contribution in [0, 0.1) is 0 Å². The lowest BCUT2D eigenvalue weighted by Crippen LogP contribution is -2.26. The first kappa shape index (κ1) is 20.3. The van der Waals surface area contributed by atoms with E-state index in [1.807, 2.05) is 30.5 Å². The summed E-state index contributed by atoms with van der Waals surface area (Å²) < 4.78 is 0.995. The van der Waals surface area contributed by atoms with Gasteiger partial charge in [-0.3, -0.25) is 4.79 Å². The summed E-state index contributed by atoms with van der Waals surface area (Å²) in [6, 6.07) is 15.1. The second kappa shape index (κ2) is 8.79. The highest BCUT2D eigenvalue weighted by Crippen LogP contribution is 2.39. The first-order valence-electron chi connectivity index (χ1n) is 9.19. The Hall–Kier alpha value is -1.99. The third kappa shape index (κ3) is 4.78. The average molecular weight is 489 g/mol. The van der Waals surface area contributed by atoms with Gasteiger partial charge >= 0.3 is 0 Å². The Bertz CT molecular complexity index is 1080. The van der Waals surface area contributed by atoms with E-state index in [0.717, 1.165) is 40.1 Å². The van der Waals surface area contributed by atoms with Crippen LogP contribution in [0.5, 0.6) is 0 Å². The molecule has 1 aliphatic rings. The van der Waals surface area contributed by atoms with Crippen molar-refractivity contribution in [2.45, 2.75) is 13.0 Å². The fourth-order valence-electron chi connectivity index (χ4n) is 3.29. The number of carbonyl (C=O) groups is 1. The van der Waals surface area contributed by atoms with Gasteiger partial charge in [-0.25, -0.2) is 4.99 Å². The summed E-state index contributed by atoms with van der Waals surface area (Å²) in [7, 11) is 2.10. The van der Waals surface area contributed by atoms with Crippen molar-refractivity contribution in [3.05, 3.63) is 79.6 Å². The van der Waals surface area contributed by atoms with Crippen molar-refractivity contribution in [1.29, 1.82) is 0 Å². The number of hydrogen-bond donors (Lipinski definition) is 1. The van der Waals surface area contributed by atoms with Crippen LogP contribution in [0.3, 0.4) is 0 Å². The van der Waals surface area contributed by atoms with Gasteiger partial charge in [-0.2, -0.15) is 0 Å². The molecule has 1 aromatic heterocycles. The van der Waals surface area contributed by atoms with E-state index in [0.29, 0.717) is 16.3 Å². The smallest absolute Gasteiger partial charge is 0.259 e. The summed E-state index contributed by atoms with van der Waals surface area (Å²) in [6.45, 7) is 1.77. The molecule has 3 aromatic rings. The Balaban J connectivity index is 1.68. The number of aliphatic imine (C=N–C) groups is 1. The summed E-state index contributed by atoms with van der Waals surface area (Å²) >= 11 is 11.0. The third-order valence-electron chi connectivity index (χ3n) is 4.74. The minimum Gasteiger partial charge on any atom is -0.322 e. The second-order valence-corrected chi connectivity index (χ2v) is 9.38. The van der Waals surface area contributed by atoms with Gasteiger partial charge < -0.3 is 10.2 Å². The quantitative estimate of drug-likeness (QED) is 0.447. The van der Waals surface area contributed by atoms with E-state index in [2.05, 4.69) is 33.2 Å². The topological polar surface area (TPSA) is 44.7 Å². The van der Waals surface area contributed by atoms with Crippen LogP contribution in [0.15, 0.2) is 58.0 Å². The zero-order valence-corrected chi connectivity index (χ0v) is 18.9. The first-order valence-corrected chi connectivity index (χ1v) is 11.2. The predicted molar refractivity (Wildman–Crippen MR) is 125 cm³/mol. The lowest BCUT2D eigenvalue weighted by molar-refractivity contribution is 0.102. The summed E-state index contributed by atoms with van der Waals surface area (Å²) in [4.78, 5) is 21.3. The zero-order chi connectivity index (χ0) is 20.4. The number of halogens is 2. The summed E-state index contributed by atoms with van der Waals surface area (Å²) in [5.41, 5.74) is 3.49. The van der Waals surface area contributed by atoms with Crippen molar-refractivity contribution in [3.63, 3.8) is 0 Å². The molecule has 2 aromatic carbocycles. The number of fused-ring (bicyclic) bond motifs is 1. The maximum Gasteiger partial charge on any atom is 0.259 e. The lowest BCUT2D eigenvalue weighted by Gasteiger charge is -2.22. The molecule has 1 aliphatic heterocycles. The highest BCUT2D eigenvalue weighted by Gasteiger charge is 2.26. The van der Waals surface area contributed by atoms with Gasteiger partial charge in [0.2, 0.25) is 0 Å². The number of anilines is 1. The van der Waals surface area contributed by atoms with Crippen LogP contribution in [0.25, 0.3) is 0 Å². The van der Waals surface area contributed by atoms with E-state index in [-0.39, 0.29) is 5.91 Å². The number of hydrogen-bond acceptors (Lipinski definition) is 4. The van der Waals surface area contributed by atoms with Gasteiger partial charge in [-0.1, -0.05) is 39.7 Å². The number of rotatable bonds is 4. The molecule has 0 fully saturated rings. The second-order valence-electron chi connectivity index (χ2n) is 6.95. The minimum absolute atomic E-state index is 0.129. The van der Waals surface area contributed by atoms with E-state index < -0.39 is 0 Å². The molecule has 0 bridgehead atoms. The summed E-state index contributed by atoms with van der Waals surface area (Å²) in [5.74, 6) is -0.129. The number of carbonyl (C=O) groups excluding carboxylic acids is 1. The van der Waals surface area contributed by atoms with Crippen LogP contribution in [-0.4, -0.2) is 30.6 Å². The Morgan fingerprint density at radius 3 is 2.83 bits per heavy atom. The van der Waals surface area contributed by atoms with E-state index in [1.165, 1.54) is 4.88 Å². The average Bonchev–Trinajstić information content (AvgIpc) is 3.05. The van der Waals surface area contributed by atoms with E-state index in [4.69, 9.17) is 16.6 Å². The molecule has 0 atom stereocenters. The van der Waals surface area contributed by atoms with Gasteiger partial charge in [-0.05, 0) is 61.0 Å². The van der Waals surface area contributed by atoms with Gasteiger partial charge in [0.15, 0.2) is 0 Å². The van der Waals surface area contributed by atoms with Gasteiger partial charge in [0.1, 0.15) is 5.00 Å². The molecular weight excluding hydrogens is 470 g/mol. The molecule has 29 heavy (non-hydrogen) atoms. The minimum atomic E-state index is -0.129. The van der Waals surface area contributed by atoms with Crippen molar-refractivity contribution < 1.29 is 4.79 Å². The third-order valence-corrected chi connectivity index (χ3v) is 6.61. The maximum absolute atomic E-state index is 13.2. The highest BCUT2D eigenvalue weighted by molar-refractivity contribution is 9.10. The largest absolute Gasteiger partial charge is 0.322 e. The Kier molecular flexibility index (Phi) is 6.15. The number of benzene rings is 2. The van der Waals surface area contributed by atoms with Crippen LogP contribution in [-0.2, 0) is 13.0 Å². The van der Waals surface area contributed by atoms with Crippen molar-refractivity contribution in [1.82, 2.24) is 4.90 Å². The number of likely N-dealkylation sites (N-methyl/N-ethyl adjacent to an activating group) is 1. The fourth-order valence-corrected chi connectivity index (χ4v) is 5.10. The molecule has 148 valence electrons. The fraction of sp³-hybridized carbons (Fsp3) is 0.182. The Morgan fingerprint density at radius 2 is 2.07 bits per heavy atom. The molecule has 0 spiro atoms. The maximum atomic E-state index is 13.2. The molecule has 0 unspecified atom stereocenters. The highest BCUT2D eigenvalue weighted by atomic mass is 79.9. The van der Waals surface area contributed by atoms with Crippen LogP contribution in [0.2, 0.25) is 5.02 Å². The lowest BCUT2D eigenvalue weighted by atomic mass is 10.0. The van der Waals surface area contributed by atoms with Gasteiger partial charge in [0.05, 0.1) is 5.56 Å². The molecule has 0 aliphatic carbocycles. The van der Waals surface area contributed by atoms with Crippen LogP contribution in [0.4, 0.5) is 10.7 Å². The summed E-state index contributed by atoms with van der Waals surface area (Å²) in [5, 5.41) is 4.38. The normalized spacial score (nSPS) is 14.2. The molecule has 1 amide bonds. The predicted octanol–water partition coefficient (Wildman–Crippen LogP) is 6.15. The Labute approximate surface area is 187 Å². The number of nitrogens with one attached hydrogen (secondary N) is 1. The molecule has 7 heteroatoms. The van der Waals surface area contributed by atoms with Crippen LogP contribution >= 0.6 is 38.9 Å². The molecule has 0 saturated carbocycles. The molecule has 0 saturated heterocycles. The van der Waals surface area contributed by atoms with Crippen molar-refractivity contribution in [2.75, 3.05) is 18.9 Å². The standard InChI is InChI=1S/C22H19BrClN3OS/c1-27-10-9-18-19(13-27)29-22(25-12-14-3-2-4-15(23)11-14)20(18)21(28)26-17-7-5-16(24)6-8-17/h2-8,11-12H,9-10,13H2,1H3,(H,26,28)/b25-12+. The van der Waals surface area contributed by atoms with Crippen LogP contribution in [0.1, 0.15) is 26.4 Å². The van der Waals surface area contributed by atoms with Crippen molar-refractivity contribution >= 4 is 61.7 Å². The molecule has 2 heterocycles. The number of amides is 1. The van der Waals surface area contributed by atoms with Gasteiger partial charge in [-0.15, -0.1) is 11.3 Å². The SMILES string of the molecule is CN1CCc2c(sc(/N=C/c3cccc(Br)c3)c2C(=O)Nc2ccc(Cl)cc2)C1. The molecule has 0 radical (unpaired) electrons.